The van der Waals surface area contributed by atoms with Crippen molar-refractivity contribution in [2.24, 2.45) is 0 Å². The number of carbonyl (C=O) groups excluding carboxylic acids is 1. The largest absolute Gasteiger partial charge is 0.378 e. The van der Waals surface area contributed by atoms with Gasteiger partial charge in [0.2, 0.25) is 0 Å². The predicted molar refractivity (Wildman–Crippen MR) is 125 cm³/mol. The Balaban J connectivity index is 1.36. The number of nitrogens with one attached hydrogen (secondary N) is 1. The van der Waals surface area contributed by atoms with Gasteiger partial charge in [0.05, 0.1) is 25.1 Å². The van der Waals surface area contributed by atoms with Gasteiger partial charge in [-0.25, -0.2) is 9.67 Å². The second-order valence-electron chi connectivity index (χ2n) is 7.75. The number of ether oxygens (including phenoxy) is 1. The number of benzene rings is 1. The quantitative estimate of drug-likeness (QED) is 0.508. The molecule has 166 valence electrons. The first kappa shape index (κ1) is 20.8. The van der Waals surface area contributed by atoms with E-state index in [1.807, 2.05) is 49.5 Å². The summed E-state index contributed by atoms with van der Waals surface area (Å²) in [4.78, 5) is 23.6. The second-order valence-corrected chi connectivity index (χ2v) is 7.75. The highest BCUT2D eigenvalue weighted by Crippen LogP contribution is 2.22. The van der Waals surface area contributed by atoms with Crippen LogP contribution >= 0.6 is 0 Å². The highest BCUT2D eigenvalue weighted by atomic mass is 16.5. The van der Waals surface area contributed by atoms with E-state index in [9.17, 15) is 4.79 Å². The van der Waals surface area contributed by atoms with Gasteiger partial charge in [-0.3, -0.25) is 9.78 Å². The van der Waals surface area contributed by atoms with Crippen LogP contribution in [0.4, 0.5) is 11.5 Å². The molecule has 0 saturated carbocycles. The summed E-state index contributed by atoms with van der Waals surface area (Å²) < 4.78 is 7.10. The van der Waals surface area contributed by atoms with E-state index >= 15 is 0 Å². The van der Waals surface area contributed by atoms with Crippen LogP contribution in [0.5, 0.6) is 0 Å². The van der Waals surface area contributed by atoms with Crippen LogP contribution in [0, 0.1) is 6.92 Å². The Morgan fingerprint density at radius 2 is 1.97 bits per heavy atom. The average molecular weight is 441 g/mol. The number of pyridine rings is 2. The third-order valence-electron chi connectivity index (χ3n) is 5.51. The van der Waals surface area contributed by atoms with Gasteiger partial charge in [-0.05, 0) is 48.9 Å². The third kappa shape index (κ3) is 4.58. The van der Waals surface area contributed by atoms with Crippen LogP contribution in [0.3, 0.4) is 0 Å². The maximum atomic E-state index is 12.9. The topological polar surface area (TPSA) is 98.1 Å². The van der Waals surface area contributed by atoms with Crippen molar-refractivity contribution in [1.82, 2.24) is 25.0 Å². The molecule has 1 aromatic carbocycles. The molecule has 33 heavy (non-hydrogen) atoms. The number of rotatable bonds is 5. The van der Waals surface area contributed by atoms with Gasteiger partial charge >= 0.3 is 0 Å². The van der Waals surface area contributed by atoms with Crippen molar-refractivity contribution in [2.45, 2.75) is 6.92 Å². The van der Waals surface area contributed by atoms with E-state index in [-0.39, 0.29) is 5.91 Å². The number of anilines is 2. The van der Waals surface area contributed by atoms with Crippen molar-refractivity contribution in [3.63, 3.8) is 0 Å². The zero-order valence-corrected chi connectivity index (χ0v) is 18.2. The molecule has 0 atom stereocenters. The van der Waals surface area contributed by atoms with E-state index in [4.69, 9.17) is 4.74 Å². The van der Waals surface area contributed by atoms with E-state index in [1.54, 1.807) is 29.3 Å². The van der Waals surface area contributed by atoms with Gasteiger partial charge in [0.1, 0.15) is 11.5 Å². The number of morpholine rings is 1. The summed E-state index contributed by atoms with van der Waals surface area (Å²) in [6.07, 6.45) is 6.98. The second kappa shape index (κ2) is 9.17. The molecule has 0 bridgehead atoms. The molecule has 1 amide bonds. The molecule has 1 saturated heterocycles. The molecule has 1 aliphatic heterocycles. The fraction of sp³-hybridized carbons (Fsp3) is 0.208. The van der Waals surface area contributed by atoms with Crippen molar-refractivity contribution in [1.29, 1.82) is 0 Å². The zero-order valence-electron chi connectivity index (χ0n) is 18.2. The van der Waals surface area contributed by atoms with Crippen molar-refractivity contribution in [3.05, 3.63) is 78.4 Å². The van der Waals surface area contributed by atoms with Gasteiger partial charge < -0.3 is 15.0 Å². The van der Waals surface area contributed by atoms with Gasteiger partial charge in [0, 0.05) is 48.5 Å². The number of amides is 1. The Hall–Kier alpha value is -4.11. The Kier molecular flexibility index (Phi) is 5.77. The van der Waals surface area contributed by atoms with Crippen molar-refractivity contribution in [2.75, 3.05) is 36.5 Å². The van der Waals surface area contributed by atoms with Crippen molar-refractivity contribution < 1.29 is 9.53 Å². The maximum Gasteiger partial charge on any atom is 0.255 e. The molecule has 9 heteroatoms. The summed E-state index contributed by atoms with van der Waals surface area (Å²) in [7, 11) is 0. The number of hydrogen-bond donors (Lipinski definition) is 1. The fourth-order valence-corrected chi connectivity index (χ4v) is 3.69. The molecule has 0 radical (unpaired) electrons. The molecule has 0 aliphatic carbocycles. The normalized spacial score (nSPS) is 13.7. The van der Waals surface area contributed by atoms with Gasteiger partial charge in [-0.1, -0.05) is 11.3 Å². The molecule has 4 heterocycles. The van der Waals surface area contributed by atoms with Crippen LogP contribution in [0.1, 0.15) is 15.9 Å². The Labute approximate surface area is 191 Å². The molecular weight excluding hydrogens is 418 g/mol. The highest BCUT2D eigenvalue weighted by molar-refractivity contribution is 6.04. The van der Waals surface area contributed by atoms with E-state index < -0.39 is 0 Å². The summed E-state index contributed by atoms with van der Waals surface area (Å²) in [5, 5.41) is 11.5. The summed E-state index contributed by atoms with van der Waals surface area (Å²) in [6, 6.07) is 13.0. The first-order chi connectivity index (χ1) is 16.2. The lowest BCUT2D eigenvalue weighted by Crippen LogP contribution is -2.36. The van der Waals surface area contributed by atoms with Gasteiger partial charge in [-0.15, -0.1) is 5.10 Å². The lowest BCUT2D eigenvalue weighted by molar-refractivity contribution is 0.102. The minimum atomic E-state index is -0.198. The smallest absolute Gasteiger partial charge is 0.255 e. The first-order valence-electron chi connectivity index (χ1n) is 10.7. The van der Waals surface area contributed by atoms with Crippen LogP contribution in [-0.4, -0.2) is 57.2 Å². The third-order valence-corrected chi connectivity index (χ3v) is 5.51. The highest BCUT2D eigenvalue weighted by Gasteiger charge is 2.15. The molecule has 9 nitrogen and oxygen atoms in total. The SMILES string of the molecule is Cc1ccc(NC(=O)c2ccnc(N3CCOCC3)c2)cc1-n1cc(-c2cccnc2)nn1. The molecule has 0 unspecified atom stereocenters. The summed E-state index contributed by atoms with van der Waals surface area (Å²) in [5.41, 5.74) is 4.68. The van der Waals surface area contributed by atoms with Crippen LogP contribution in [0.25, 0.3) is 16.9 Å². The standard InChI is InChI=1S/C24H23N7O2/c1-17-4-5-20(14-22(17)31-16-21(28-29-31)19-3-2-7-25-15-19)27-24(32)18-6-8-26-23(13-18)30-9-11-33-12-10-30/h2-8,13-16H,9-12H2,1H3,(H,27,32). The average Bonchev–Trinajstić information content (AvgIpc) is 3.36. The molecule has 3 aromatic heterocycles. The summed E-state index contributed by atoms with van der Waals surface area (Å²) in [5.74, 6) is 0.581. The summed E-state index contributed by atoms with van der Waals surface area (Å²) >= 11 is 0. The molecule has 1 fully saturated rings. The molecule has 1 N–H and O–H groups in total. The lowest BCUT2D eigenvalue weighted by Gasteiger charge is -2.27. The van der Waals surface area contributed by atoms with Gasteiger partial charge in [0.25, 0.3) is 5.91 Å². The Bertz CT molecular complexity index is 1270. The number of carbonyl (C=O) groups is 1. The van der Waals surface area contributed by atoms with Crippen molar-refractivity contribution >= 4 is 17.4 Å². The van der Waals surface area contributed by atoms with E-state index in [0.29, 0.717) is 24.5 Å². The molecule has 1 aliphatic rings. The predicted octanol–water partition coefficient (Wildman–Crippen LogP) is 3.12. The van der Waals surface area contributed by atoms with E-state index in [1.165, 1.54) is 0 Å². The zero-order chi connectivity index (χ0) is 22.6. The van der Waals surface area contributed by atoms with Crippen LogP contribution in [0.15, 0.2) is 67.3 Å². The Morgan fingerprint density at radius 3 is 2.79 bits per heavy atom. The first-order valence-corrected chi connectivity index (χ1v) is 10.7. The molecule has 4 aromatic rings. The fourth-order valence-electron chi connectivity index (χ4n) is 3.69. The van der Waals surface area contributed by atoms with Crippen LogP contribution in [0.2, 0.25) is 0 Å². The number of nitrogens with zero attached hydrogens (tertiary/aromatic N) is 6. The number of hydrogen-bond acceptors (Lipinski definition) is 7. The summed E-state index contributed by atoms with van der Waals surface area (Å²) in [6.45, 7) is 4.84. The van der Waals surface area contributed by atoms with E-state index in [0.717, 1.165) is 41.4 Å². The van der Waals surface area contributed by atoms with Crippen molar-refractivity contribution in [3.8, 4) is 16.9 Å². The van der Waals surface area contributed by atoms with Crippen LogP contribution in [-0.2, 0) is 4.74 Å². The van der Waals surface area contributed by atoms with Gasteiger partial charge in [0.15, 0.2) is 0 Å². The van der Waals surface area contributed by atoms with Gasteiger partial charge in [-0.2, -0.15) is 0 Å². The lowest BCUT2D eigenvalue weighted by atomic mass is 10.1. The number of aryl methyl sites for hydroxylation is 1. The molecular formula is C24H23N7O2. The minimum Gasteiger partial charge on any atom is -0.378 e. The number of aromatic nitrogens is 5. The van der Waals surface area contributed by atoms with Crippen LogP contribution < -0.4 is 10.2 Å². The minimum absolute atomic E-state index is 0.198. The maximum absolute atomic E-state index is 12.9. The Morgan fingerprint density at radius 1 is 1.09 bits per heavy atom. The van der Waals surface area contributed by atoms with E-state index in [2.05, 4.69) is 30.5 Å². The monoisotopic (exact) mass is 441 g/mol. The molecule has 5 rings (SSSR count). The molecule has 0 spiro atoms.